The number of H-pyrrole nitrogens is 1. The van der Waals surface area contributed by atoms with Crippen LogP contribution in [0.1, 0.15) is 48.3 Å². The minimum Gasteiger partial charge on any atom is -0.347 e. The molecule has 0 saturated carbocycles. The maximum absolute atomic E-state index is 4.43. The second-order valence-electron chi connectivity index (χ2n) is 5.40. The predicted molar refractivity (Wildman–Crippen MR) is 69.4 cm³/mol. The molecule has 6 heteroatoms. The largest absolute Gasteiger partial charge is 0.347 e. The molecule has 2 aliphatic rings. The molecule has 0 radical (unpaired) electrons. The van der Waals surface area contributed by atoms with Crippen LogP contribution in [0.4, 0.5) is 0 Å². The summed E-state index contributed by atoms with van der Waals surface area (Å²) in [6.07, 6.45) is 7.51. The lowest BCUT2D eigenvalue weighted by atomic mass is 10.0. The standard InChI is InChI=1S/C13H18N6/c1-2-4-12-17-18-13(19(12)5-3-1)10-6-9-11(7-14-10)16-8-15-9/h8,10,14H,1-7H2,(H,15,16). The molecule has 2 N–H and O–H groups in total. The van der Waals surface area contributed by atoms with Crippen LogP contribution in [0.15, 0.2) is 6.33 Å². The Morgan fingerprint density at radius 2 is 2.21 bits per heavy atom. The van der Waals surface area contributed by atoms with E-state index in [1.54, 1.807) is 6.33 Å². The van der Waals surface area contributed by atoms with Gasteiger partial charge in [-0.1, -0.05) is 6.42 Å². The number of rotatable bonds is 1. The maximum Gasteiger partial charge on any atom is 0.150 e. The van der Waals surface area contributed by atoms with Crippen molar-refractivity contribution in [1.29, 1.82) is 0 Å². The number of hydrogen-bond acceptors (Lipinski definition) is 4. The highest BCUT2D eigenvalue weighted by Crippen LogP contribution is 2.25. The Hall–Kier alpha value is -1.69. The Labute approximate surface area is 111 Å². The SMILES string of the molecule is c1nc2c([nH]1)CNC(c1nnc3n1CCCCC3)C2. The van der Waals surface area contributed by atoms with Crippen molar-refractivity contribution in [3.05, 3.63) is 29.4 Å². The van der Waals surface area contributed by atoms with Gasteiger partial charge in [-0.25, -0.2) is 4.98 Å². The van der Waals surface area contributed by atoms with Gasteiger partial charge in [-0.15, -0.1) is 10.2 Å². The van der Waals surface area contributed by atoms with Gasteiger partial charge in [0.1, 0.15) is 5.82 Å². The van der Waals surface area contributed by atoms with E-state index in [-0.39, 0.29) is 6.04 Å². The van der Waals surface area contributed by atoms with Crippen molar-refractivity contribution in [3.8, 4) is 0 Å². The summed E-state index contributed by atoms with van der Waals surface area (Å²) >= 11 is 0. The zero-order valence-electron chi connectivity index (χ0n) is 10.9. The molecular formula is C13H18N6. The third-order valence-corrected chi connectivity index (χ3v) is 4.18. The van der Waals surface area contributed by atoms with Crippen LogP contribution >= 0.6 is 0 Å². The van der Waals surface area contributed by atoms with Crippen molar-refractivity contribution in [2.75, 3.05) is 0 Å². The van der Waals surface area contributed by atoms with Gasteiger partial charge in [0.15, 0.2) is 5.82 Å². The van der Waals surface area contributed by atoms with Crippen LogP contribution in [0.5, 0.6) is 0 Å². The van der Waals surface area contributed by atoms with Crippen molar-refractivity contribution in [2.24, 2.45) is 0 Å². The predicted octanol–water partition coefficient (Wildman–Crippen LogP) is 1.11. The molecule has 2 aromatic heterocycles. The number of aromatic amines is 1. The van der Waals surface area contributed by atoms with Gasteiger partial charge in [0, 0.05) is 25.9 Å². The average molecular weight is 258 g/mol. The zero-order valence-corrected chi connectivity index (χ0v) is 10.9. The van der Waals surface area contributed by atoms with Gasteiger partial charge in [0.2, 0.25) is 0 Å². The molecule has 19 heavy (non-hydrogen) atoms. The lowest BCUT2D eigenvalue weighted by Gasteiger charge is -2.23. The molecule has 2 aromatic rings. The summed E-state index contributed by atoms with van der Waals surface area (Å²) < 4.78 is 2.32. The maximum atomic E-state index is 4.43. The zero-order chi connectivity index (χ0) is 12.7. The molecule has 0 spiro atoms. The van der Waals surface area contributed by atoms with E-state index in [0.717, 1.165) is 43.3 Å². The molecule has 4 heterocycles. The fraction of sp³-hybridized carbons (Fsp3) is 0.615. The van der Waals surface area contributed by atoms with Crippen LogP contribution in [0.2, 0.25) is 0 Å². The Balaban J connectivity index is 1.65. The lowest BCUT2D eigenvalue weighted by Crippen LogP contribution is -2.31. The molecule has 1 unspecified atom stereocenters. The molecule has 0 aliphatic carbocycles. The van der Waals surface area contributed by atoms with Crippen LogP contribution in [0.25, 0.3) is 0 Å². The third kappa shape index (κ3) is 1.87. The molecule has 4 rings (SSSR count). The molecule has 0 aromatic carbocycles. The van der Waals surface area contributed by atoms with E-state index < -0.39 is 0 Å². The van der Waals surface area contributed by atoms with E-state index in [9.17, 15) is 0 Å². The number of aryl methyl sites for hydroxylation is 1. The van der Waals surface area contributed by atoms with Gasteiger partial charge < -0.3 is 14.9 Å². The molecule has 0 bridgehead atoms. The van der Waals surface area contributed by atoms with Crippen molar-refractivity contribution >= 4 is 0 Å². The second-order valence-corrected chi connectivity index (χ2v) is 5.40. The highest BCUT2D eigenvalue weighted by Gasteiger charge is 2.27. The van der Waals surface area contributed by atoms with Crippen LogP contribution < -0.4 is 5.32 Å². The minimum atomic E-state index is 0.246. The van der Waals surface area contributed by atoms with E-state index >= 15 is 0 Å². The Morgan fingerprint density at radius 1 is 1.21 bits per heavy atom. The number of hydrogen-bond donors (Lipinski definition) is 2. The smallest absolute Gasteiger partial charge is 0.150 e. The van der Waals surface area contributed by atoms with E-state index in [4.69, 9.17) is 0 Å². The van der Waals surface area contributed by atoms with Crippen LogP contribution in [0, 0.1) is 0 Å². The Bertz CT molecular complexity index is 584. The minimum absolute atomic E-state index is 0.246. The summed E-state index contributed by atoms with van der Waals surface area (Å²) in [6, 6.07) is 0.246. The van der Waals surface area contributed by atoms with Crippen LogP contribution in [-0.4, -0.2) is 24.7 Å². The van der Waals surface area contributed by atoms with Gasteiger partial charge in [0.05, 0.1) is 23.8 Å². The second kappa shape index (κ2) is 4.45. The number of imidazole rings is 1. The first-order valence-corrected chi connectivity index (χ1v) is 7.08. The number of nitrogens with zero attached hydrogens (tertiary/aromatic N) is 4. The topological polar surface area (TPSA) is 71.4 Å². The lowest BCUT2D eigenvalue weighted by molar-refractivity contribution is 0.442. The monoisotopic (exact) mass is 258 g/mol. The molecular weight excluding hydrogens is 240 g/mol. The molecule has 0 fully saturated rings. The fourth-order valence-electron chi connectivity index (χ4n) is 3.12. The quantitative estimate of drug-likeness (QED) is 0.804. The van der Waals surface area contributed by atoms with Gasteiger partial charge in [0.25, 0.3) is 0 Å². The van der Waals surface area contributed by atoms with Gasteiger partial charge >= 0.3 is 0 Å². The molecule has 0 amide bonds. The molecule has 0 saturated heterocycles. The van der Waals surface area contributed by atoms with Gasteiger partial charge in [-0.05, 0) is 12.8 Å². The van der Waals surface area contributed by atoms with E-state index in [2.05, 4.69) is 30.0 Å². The van der Waals surface area contributed by atoms with Crippen molar-refractivity contribution in [3.63, 3.8) is 0 Å². The summed E-state index contributed by atoms with van der Waals surface area (Å²) in [7, 11) is 0. The molecule has 100 valence electrons. The Morgan fingerprint density at radius 3 is 3.21 bits per heavy atom. The number of nitrogens with one attached hydrogen (secondary N) is 2. The number of aromatic nitrogens is 5. The van der Waals surface area contributed by atoms with E-state index in [0.29, 0.717) is 0 Å². The fourth-order valence-corrected chi connectivity index (χ4v) is 3.12. The summed E-state index contributed by atoms with van der Waals surface area (Å²) in [4.78, 5) is 7.57. The van der Waals surface area contributed by atoms with Crippen molar-refractivity contribution in [2.45, 2.75) is 51.2 Å². The van der Waals surface area contributed by atoms with Gasteiger partial charge in [-0.3, -0.25) is 0 Å². The highest BCUT2D eigenvalue weighted by atomic mass is 15.3. The van der Waals surface area contributed by atoms with Crippen LogP contribution in [0.3, 0.4) is 0 Å². The molecule has 2 aliphatic heterocycles. The highest BCUT2D eigenvalue weighted by molar-refractivity contribution is 5.19. The van der Waals surface area contributed by atoms with E-state index in [1.165, 1.54) is 25.0 Å². The molecule has 1 atom stereocenters. The first kappa shape index (κ1) is 11.2. The average Bonchev–Trinajstić information content (AvgIpc) is 2.99. The normalized spacial score (nSPS) is 22.6. The summed E-state index contributed by atoms with van der Waals surface area (Å²) in [5.74, 6) is 2.24. The summed E-state index contributed by atoms with van der Waals surface area (Å²) in [6.45, 7) is 1.89. The Kier molecular flexibility index (Phi) is 2.61. The summed E-state index contributed by atoms with van der Waals surface area (Å²) in [5.41, 5.74) is 2.36. The third-order valence-electron chi connectivity index (χ3n) is 4.18. The van der Waals surface area contributed by atoms with Gasteiger partial charge in [-0.2, -0.15) is 0 Å². The first-order chi connectivity index (χ1) is 9.42. The van der Waals surface area contributed by atoms with Crippen molar-refractivity contribution in [1.82, 2.24) is 30.0 Å². The summed E-state index contributed by atoms with van der Waals surface area (Å²) in [5, 5.41) is 12.4. The first-order valence-electron chi connectivity index (χ1n) is 7.08. The van der Waals surface area contributed by atoms with Crippen LogP contribution in [-0.2, 0) is 25.9 Å². The molecule has 6 nitrogen and oxygen atoms in total. The van der Waals surface area contributed by atoms with E-state index in [1.807, 2.05) is 0 Å². The van der Waals surface area contributed by atoms with Crippen molar-refractivity contribution < 1.29 is 0 Å². The number of fused-ring (bicyclic) bond motifs is 2.